The Morgan fingerprint density at radius 2 is 1.22 bits per heavy atom. The number of rotatable bonds is 11. The van der Waals surface area contributed by atoms with Crippen molar-refractivity contribution in [2.45, 2.75) is 103 Å². The van der Waals surface area contributed by atoms with Gasteiger partial charge in [0.25, 0.3) is 11.8 Å². The van der Waals surface area contributed by atoms with Gasteiger partial charge in [-0.25, -0.2) is 35.8 Å². The van der Waals surface area contributed by atoms with Crippen LogP contribution in [0.4, 0.5) is 23.0 Å². The van der Waals surface area contributed by atoms with Crippen LogP contribution in [-0.2, 0) is 24.8 Å². The number of amides is 3. The van der Waals surface area contributed by atoms with Crippen LogP contribution in [0.15, 0.2) is 60.9 Å². The van der Waals surface area contributed by atoms with Gasteiger partial charge in [0.15, 0.2) is 11.3 Å². The zero-order valence-corrected chi connectivity index (χ0v) is 47.8. The van der Waals surface area contributed by atoms with Crippen LogP contribution in [0, 0.1) is 20.8 Å². The van der Waals surface area contributed by atoms with Crippen LogP contribution in [-0.4, -0.2) is 157 Å². The minimum atomic E-state index is -3.58. The number of aromatic nitrogens is 6. The van der Waals surface area contributed by atoms with Gasteiger partial charge in [-0.15, -0.1) is 0 Å². The fourth-order valence-corrected chi connectivity index (χ4v) is 12.3. The largest absolute Gasteiger partial charge is 0.358 e. The molecular weight excluding hydrogens is 1060 g/mol. The van der Waals surface area contributed by atoms with E-state index in [4.69, 9.17) is 31.8 Å². The number of piperazine rings is 2. The van der Waals surface area contributed by atoms with Crippen molar-refractivity contribution in [3.8, 4) is 0 Å². The van der Waals surface area contributed by atoms with Crippen molar-refractivity contribution in [3.05, 3.63) is 105 Å². The van der Waals surface area contributed by atoms with Gasteiger partial charge < -0.3 is 35.6 Å². The standard InChI is InChI=1S/C27H36N8O4S.C26H34ClN7O3S/c1-17-8-9-20(32-40(4,38)39)19(13-17)27(37)34-11-6-5-7-23(34)21-14-24-30-25(18(2)15-35(24)31-21)33-12-10-29-22(16-33)26(36)28-3;1-16-14-34-24(29-25(16)33-15-17(2)28-13-18(33)3)12-22(30-34)23-7-5-6-10-32(23)26(35)20-11-19(27)8-9-21(20)31-38(4,36)37/h8-9,13-15,22-23,29,32H,5-7,10-12,16H2,1-4H3,(H,28,36);8-9,11-12,14,17-18,23,28,31H,5-7,10,13,15H2,1-4H3/t22-,23+;17-,18+,23-/m10/s1. The Bertz CT molecular complexity index is 3480. The zero-order chi connectivity index (χ0) is 55.8. The highest BCUT2D eigenvalue weighted by Gasteiger charge is 2.35. The molecule has 4 fully saturated rings. The smallest absolute Gasteiger partial charge is 0.256 e. The highest BCUT2D eigenvalue weighted by Crippen LogP contribution is 2.37. The van der Waals surface area contributed by atoms with E-state index in [0.29, 0.717) is 54.5 Å². The third kappa shape index (κ3) is 12.6. The molecule has 5 N–H and O–H groups in total. The first kappa shape index (κ1) is 56.1. The van der Waals surface area contributed by atoms with E-state index in [1.54, 1.807) is 50.1 Å². The third-order valence-electron chi connectivity index (χ3n) is 14.7. The topological polar surface area (TPSA) is 253 Å². The fraction of sp³-hybridized carbons (Fsp3) is 0.491. The summed E-state index contributed by atoms with van der Waals surface area (Å²) in [5, 5.41) is 19.5. The van der Waals surface area contributed by atoms with E-state index < -0.39 is 20.0 Å². The first-order chi connectivity index (χ1) is 37.0. The van der Waals surface area contributed by atoms with E-state index in [1.165, 1.54) is 12.1 Å². The average Bonchev–Trinajstić information content (AvgIpc) is 4.04. The van der Waals surface area contributed by atoms with Gasteiger partial charge >= 0.3 is 0 Å². The highest BCUT2D eigenvalue weighted by molar-refractivity contribution is 7.92. The number of halogens is 1. The van der Waals surface area contributed by atoms with E-state index >= 15 is 0 Å². The molecule has 0 bridgehead atoms. The maximum Gasteiger partial charge on any atom is 0.256 e. The molecule has 4 saturated heterocycles. The number of likely N-dealkylation sites (tertiary alicyclic amines) is 2. The van der Waals surface area contributed by atoms with Gasteiger partial charge in [0, 0.05) is 106 Å². The number of carbonyl (C=O) groups is 3. The Morgan fingerprint density at radius 3 is 1.78 bits per heavy atom. The van der Waals surface area contributed by atoms with Crippen molar-refractivity contribution < 1.29 is 31.2 Å². The molecule has 0 saturated carbocycles. The predicted octanol–water partition coefficient (Wildman–Crippen LogP) is 5.23. The molecule has 0 spiro atoms. The van der Waals surface area contributed by atoms with Crippen LogP contribution in [0.2, 0.25) is 5.02 Å². The summed E-state index contributed by atoms with van der Waals surface area (Å²) in [7, 11) is -5.51. The minimum Gasteiger partial charge on any atom is -0.358 e. The first-order valence-electron chi connectivity index (χ1n) is 26.5. The number of piperidine rings is 2. The number of benzene rings is 2. The molecule has 4 aromatic heterocycles. The molecule has 25 heteroatoms. The number of likely N-dealkylation sites (N-methyl/N-ethyl adjacent to an activating group) is 1. The Balaban J connectivity index is 0.000000190. The lowest BCUT2D eigenvalue weighted by atomic mass is 9.97. The molecule has 22 nitrogen and oxygen atoms in total. The van der Waals surface area contributed by atoms with E-state index in [0.717, 1.165) is 116 Å². The molecule has 4 aliphatic rings. The molecule has 0 radical (unpaired) electrons. The van der Waals surface area contributed by atoms with Crippen LogP contribution in [0.3, 0.4) is 0 Å². The summed E-state index contributed by atoms with van der Waals surface area (Å²) in [6.45, 7) is 15.0. The van der Waals surface area contributed by atoms with Crippen molar-refractivity contribution >= 4 is 83.7 Å². The van der Waals surface area contributed by atoms with Gasteiger partial charge in [0.2, 0.25) is 26.0 Å². The lowest BCUT2D eigenvalue weighted by Gasteiger charge is -2.39. The summed E-state index contributed by atoms with van der Waals surface area (Å²) in [5.74, 6) is 1.19. The summed E-state index contributed by atoms with van der Waals surface area (Å²) >= 11 is 6.21. The Labute approximate surface area is 460 Å². The molecule has 5 atom stereocenters. The molecule has 0 unspecified atom stereocenters. The number of carbonyl (C=O) groups excluding carboxylic acids is 3. The van der Waals surface area contributed by atoms with Crippen molar-refractivity contribution in [1.29, 1.82) is 0 Å². The van der Waals surface area contributed by atoms with E-state index in [2.05, 4.69) is 56.0 Å². The Hall–Kier alpha value is -6.60. The van der Waals surface area contributed by atoms with Gasteiger partial charge in [-0.05, 0) is 103 Å². The summed E-state index contributed by atoms with van der Waals surface area (Å²) in [6.07, 6.45) is 11.2. The maximum atomic E-state index is 13.9. The minimum absolute atomic E-state index is 0.0550. The molecule has 6 aromatic rings. The lowest BCUT2D eigenvalue weighted by molar-refractivity contribution is -0.122. The van der Waals surface area contributed by atoms with Crippen LogP contribution in [0.5, 0.6) is 0 Å². The number of sulfonamides is 2. The number of nitrogens with one attached hydrogen (secondary N) is 5. The summed E-state index contributed by atoms with van der Waals surface area (Å²) in [5.41, 5.74) is 6.77. The van der Waals surface area contributed by atoms with Crippen molar-refractivity contribution in [2.75, 3.05) is 84.6 Å². The normalized spacial score (nSPS) is 21.3. The number of nitrogens with zero attached hydrogens (tertiary/aromatic N) is 10. The highest BCUT2D eigenvalue weighted by atomic mass is 35.5. The Morgan fingerprint density at radius 1 is 0.679 bits per heavy atom. The molecule has 4 aliphatic heterocycles. The number of anilines is 4. The Kier molecular flexibility index (Phi) is 16.6. The van der Waals surface area contributed by atoms with E-state index in [1.807, 2.05) is 38.4 Å². The maximum absolute atomic E-state index is 13.9. The average molecular weight is 1130 g/mol. The number of hydrogen-bond acceptors (Lipinski definition) is 15. The number of aryl methyl sites for hydroxylation is 3. The molecule has 418 valence electrons. The fourth-order valence-electron chi connectivity index (χ4n) is 11.0. The van der Waals surface area contributed by atoms with E-state index in [-0.39, 0.29) is 52.8 Å². The third-order valence-corrected chi connectivity index (χ3v) is 16.2. The number of hydrogen-bond donors (Lipinski definition) is 5. The van der Waals surface area contributed by atoms with Crippen LogP contribution < -0.4 is 35.2 Å². The van der Waals surface area contributed by atoms with Gasteiger partial charge in [0.1, 0.15) is 17.7 Å². The van der Waals surface area contributed by atoms with Crippen LogP contribution in [0.1, 0.15) is 113 Å². The first-order valence-corrected chi connectivity index (χ1v) is 30.6. The van der Waals surface area contributed by atoms with Crippen molar-refractivity contribution in [1.82, 2.24) is 54.9 Å². The molecule has 8 heterocycles. The molecule has 2 aromatic carbocycles. The van der Waals surface area contributed by atoms with Gasteiger partial charge in [-0.1, -0.05) is 23.2 Å². The number of fused-ring (bicyclic) bond motifs is 2. The lowest BCUT2D eigenvalue weighted by Crippen LogP contribution is -2.57. The quantitative estimate of drug-likeness (QED) is 0.111. The second-order valence-corrected chi connectivity index (χ2v) is 25.1. The molecule has 78 heavy (non-hydrogen) atoms. The van der Waals surface area contributed by atoms with Crippen molar-refractivity contribution in [2.24, 2.45) is 0 Å². The summed E-state index contributed by atoms with van der Waals surface area (Å²) in [4.78, 5) is 57.8. The predicted molar refractivity (Wildman–Crippen MR) is 303 cm³/mol. The van der Waals surface area contributed by atoms with Gasteiger partial charge in [0.05, 0.1) is 58.5 Å². The molecule has 3 amide bonds. The zero-order valence-electron chi connectivity index (χ0n) is 45.4. The van der Waals surface area contributed by atoms with Gasteiger partial charge in [-0.3, -0.25) is 23.8 Å². The van der Waals surface area contributed by atoms with Crippen LogP contribution >= 0.6 is 11.6 Å². The van der Waals surface area contributed by atoms with Crippen LogP contribution in [0.25, 0.3) is 11.3 Å². The van der Waals surface area contributed by atoms with Crippen molar-refractivity contribution in [3.63, 3.8) is 0 Å². The molecular formula is C53H70ClN15O7S2. The molecule has 10 rings (SSSR count). The SMILES string of the molecule is CNC(=O)[C@H]1CN(c2nc3cc([C@@H]4CCCCN4C(=O)c4cc(C)ccc4NS(C)(=O)=O)nn3cc2C)CCN1.Cc1cn2nc([C@@H]3CCCCN3C(=O)c3cc(Cl)ccc3NS(C)(=O)=O)cc2nc1N1C[C@H](C)NC[C@H]1C. The van der Waals surface area contributed by atoms with E-state index in [9.17, 15) is 31.2 Å². The summed E-state index contributed by atoms with van der Waals surface area (Å²) < 4.78 is 56.3. The molecule has 0 aliphatic carbocycles. The second-order valence-electron chi connectivity index (χ2n) is 21.1. The summed E-state index contributed by atoms with van der Waals surface area (Å²) in [6, 6.07) is 13.5. The monoisotopic (exact) mass is 1130 g/mol. The van der Waals surface area contributed by atoms with Gasteiger partial charge in [-0.2, -0.15) is 10.2 Å². The second kappa shape index (κ2) is 23.0.